The number of hydrogen-bond acceptors (Lipinski definition) is 2. The zero-order valence-electron chi connectivity index (χ0n) is 15.8. The Morgan fingerprint density at radius 2 is 1.89 bits per heavy atom. The minimum absolute atomic E-state index is 0.0727. The third-order valence-electron chi connectivity index (χ3n) is 4.42. The van der Waals surface area contributed by atoms with Crippen LogP contribution in [0.25, 0.3) is 11.1 Å². The molecule has 0 aliphatic heterocycles. The first-order valence-electron chi connectivity index (χ1n) is 8.79. The van der Waals surface area contributed by atoms with Crippen LogP contribution in [0.4, 0.5) is 8.78 Å². The lowest BCUT2D eigenvalue weighted by Crippen LogP contribution is -2.36. The SMILES string of the molecule is CC(C)N(Cc1ccc(F)c(-c2ccc(F)c(Cl)c2)c1)C(=O)c1cn(C)cn1. The highest BCUT2D eigenvalue weighted by atomic mass is 35.5. The topological polar surface area (TPSA) is 38.1 Å². The van der Waals surface area contributed by atoms with Crippen LogP contribution in [0, 0.1) is 11.6 Å². The number of aryl methyl sites for hydroxylation is 1. The van der Waals surface area contributed by atoms with Gasteiger partial charge in [-0.2, -0.15) is 0 Å². The van der Waals surface area contributed by atoms with Crippen molar-refractivity contribution in [2.45, 2.75) is 26.4 Å². The molecule has 0 saturated carbocycles. The Balaban J connectivity index is 1.92. The average molecular weight is 404 g/mol. The largest absolute Gasteiger partial charge is 0.340 e. The molecule has 0 N–H and O–H groups in total. The van der Waals surface area contributed by atoms with E-state index in [1.54, 1.807) is 41.2 Å². The van der Waals surface area contributed by atoms with Gasteiger partial charge in [-0.3, -0.25) is 4.79 Å². The predicted molar refractivity (Wildman–Crippen MR) is 105 cm³/mol. The van der Waals surface area contributed by atoms with Crippen molar-refractivity contribution in [3.05, 3.63) is 76.8 Å². The van der Waals surface area contributed by atoms with E-state index in [-0.39, 0.29) is 23.5 Å². The normalized spacial score (nSPS) is 11.1. The molecule has 4 nitrogen and oxygen atoms in total. The van der Waals surface area contributed by atoms with Crippen molar-refractivity contribution in [1.29, 1.82) is 0 Å². The first kappa shape index (κ1) is 20.0. The van der Waals surface area contributed by atoms with Gasteiger partial charge < -0.3 is 9.47 Å². The second-order valence-electron chi connectivity index (χ2n) is 6.89. The zero-order chi connectivity index (χ0) is 20.4. The second kappa shape index (κ2) is 8.10. The molecule has 0 unspecified atom stereocenters. The Labute approximate surface area is 167 Å². The Morgan fingerprint density at radius 3 is 2.50 bits per heavy atom. The molecule has 0 bridgehead atoms. The van der Waals surface area contributed by atoms with Crippen molar-refractivity contribution >= 4 is 17.5 Å². The summed E-state index contributed by atoms with van der Waals surface area (Å²) in [4.78, 5) is 18.6. The third kappa shape index (κ3) is 4.22. The van der Waals surface area contributed by atoms with Crippen LogP contribution in [-0.4, -0.2) is 26.4 Å². The highest BCUT2D eigenvalue weighted by Gasteiger charge is 2.21. The van der Waals surface area contributed by atoms with Gasteiger partial charge in [0, 0.05) is 31.4 Å². The molecule has 0 radical (unpaired) electrons. The van der Waals surface area contributed by atoms with E-state index in [2.05, 4.69) is 4.98 Å². The maximum Gasteiger partial charge on any atom is 0.274 e. The third-order valence-corrected chi connectivity index (χ3v) is 4.71. The fraction of sp³-hybridized carbons (Fsp3) is 0.238. The molecule has 7 heteroatoms. The quantitative estimate of drug-likeness (QED) is 0.596. The molecule has 28 heavy (non-hydrogen) atoms. The Morgan fingerprint density at radius 1 is 1.18 bits per heavy atom. The molecule has 1 heterocycles. The van der Waals surface area contributed by atoms with Crippen LogP contribution in [-0.2, 0) is 13.6 Å². The summed E-state index contributed by atoms with van der Waals surface area (Å²) < 4.78 is 29.5. The van der Waals surface area contributed by atoms with Crippen LogP contribution >= 0.6 is 11.6 Å². The number of aromatic nitrogens is 2. The molecule has 0 atom stereocenters. The van der Waals surface area contributed by atoms with Crippen LogP contribution in [0.5, 0.6) is 0 Å². The molecule has 1 aromatic heterocycles. The van der Waals surface area contributed by atoms with E-state index in [1.807, 2.05) is 13.8 Å². The summed E-state index contributed by atoms with van der Waals surface area (Å²) in [6.45, 7) is 4.10. The fourth-order valence-electron chi connectivity index (χ4n) is 2.91. The summed E-state index contributed by atoms with van der Waals surface area (Å²) in [6.07, 6.45) is 3.23. The number of rotatable bonds is 5. The van der Waals surface area contributed by atoms with Gasteiger partial charge in [0.25, 0.3) is 5.91 Å². The molecule has 146 valence electrons. The van der Waals surface area contributed by atoms with Gasteiger partial charge in [0.15, 0.2) is 0 Å². The van der Waals surface area contributed by atoms with Gasteiger partial charge in [0.1, 0.15) is 17.3 Å². The van der Waals surface area contributed by atoms with Crippen LogP contribution in [0.1, 0.15) is 29.9 Å². The van der Waals surface area contributed by atoms with Gasteiger partial charge in [-0.05, 0) is 49.2 Å². The Bertz CT molecular complexity index is 1020. The van der Waals surface area contributed by atoms with E-state index >= 15 is 0 Å². The lowest BCUT2D eigenvalue weighted by atomic mass is 10.0. The molecular formula is C21H20ClF2N3O. The summed E-state index contributed by atoms with van der Waals surface area (Å²) in [5.74, 6) is -1.21. The van der Waals surface area contributed by atoms with Crippen molar-refractivity contribution in [1.82, 2.24) is 14.5 Å². The summed E-state index contributed by atoms with van der Waals surface area (Å²) in [5, 5.41) is -0.0727. The minimum atomic E-state index is -0.561. The predicted octanol–water partition coefficient (Wildman–Crippen LogP) is 5.07. The molecule has 3 rings (SSSR count). The molecule has 0 saturated heterocycles. The van der Waals surface area contributed by atoms with Crippen LogP contribution in [0.15, 0.2) is 48.9 Å². The van der Waals surface area contributed by atoms with E-state index in [0.29, 0.717) is 16.8 Å². The van der Waals surface area contributed by atoms with Gasteiger partial charge in [-0.25, -0.2) is 13.8 Å². The lowest BCUT2D eigenvalue weighted by molar-refractivity contribution is 0.0684. The first-order chi connectivity index (χ1) is 13.3. The maximum absolute atomic E-state index is 14.4. The minimum Gasteiger partial charge on any atom is -0.340 e. The molecule has 0 spiro atoms. The fourth-order valence-corrected chi connectivity index (χ4v) is 3.09. The monoisotopic (exact) mass is 403 g/mol. The number of carbonyl (C=O) groups is 1. The van der Waals surface area contributed by atoms with Gasteiger partial charge in [0.05, 0.1) is 11.3 Å². The van der Waals surface area contributed by atoms with Crippen LogP contribution in [0.3, 0.4) is 0 Å². The van der Waals surface area contributed by atoms with Crippen molar-refractivity contribution in [2.24, 2.45) is 7.05 Å². The van der Waals surface area contributed by atoms with Crippen molar-refractivity contribution in [3.8, 4) is 11.1 Å². The number of imidazole rings is 1. The number of amides is 1. The number of benzene rings is 2. The number of halogens is 3. The van der Waals surface area contributed by atoms with Crippen molar-refractivity contribution in [3.63, 3.8) is 0 Å². The van der Waals surface area contributed by atoms with Crippen LogP contribution in [0.2, 0.25) is 5.02 Å². The van der Waals surface area contributed by atoms with Crippen molar-refractivity contribution in [2.75, 3.05) is 0 Å². The average Bonchev–Trinajstić information content (AvgIpc) is 3.09. The van der Waals surface area contributed by atoms with Gasteiger partial charge in [-0.1, -0.05) is 23.7 Å². The molecule has 2 aromatic carbocycles. The maximum atomic E-state index is 14.4. The molecular weight excluding hydrogens is 384 g/mol. The number of nitrogens with zero attached hydrogens (tertiary/aromatic N) is 3. The van der Waals surface area contributed by atoms with Gasteiger partial charge in [0.2, 0.25) is 0 Å². The van der Waals surface area contributed by atoms with Crippen molar-refractivity contribution < 1.29 is 13.6 Å². The van der Waals surface area contributed by atoms with Gasteiger partial charge in [-0.15, -0.1) is 0 Å². The first-order valence-corrected chi connectivity index (χ1v) is 9.17. The highest BCUT2D eigenvalue weighted by molar-refractivity contribution is 6.31. The number of carbonyl (C=O) groups excluding carboxylic acids is 1. The van der Waals surface area contributed by atoms with E-state index in [9.17, 15) is 13.6 Å². The molecule has 3 aromatic rings. The summed E-state index contributed by atoms with van der Waals surface area (Å²) in [7, 11) is 1.80. The van der Waals surface area contributed by atoms with Crippen LogP contribution < -0.4 is 0 Å². The zero-order valence-corrected chi connectivity index (χ0v) is 16.5. The second-order valence-corrected chi connectivity index (χ2v) is 7.30. The van der Waals surface area contributed by atoms with E-state index in [4.69, 9.17) is 11.6 Å². The van der Waals surface area contributed by atoms with E-state index in [1.165, 1.54) is 24.3 Å². The highest BCUT2D eigenvalue weighted by Crippen LogP contribution is 2.28. The smallest absolute Gasteiger partial charge is 0.274 e. The molecule has 1 amide bonds. The Kier molecular flexibility index (Phi) is 5.79. The molecule has 0 fully saturated rings. The Hall–Kier alpha value is -2.73. The van der Waals surface area contributed by atoms with E-state index in [0.717, 1.165) is 5.56 Å². The summed E-state index contributed by atoms with van der Waals surface area (Å²) in [5.41, 5.74) is 1.87. The standard InChI is InChI=1S/C21H20ClF2N3O/c1-13(2)27(21(28)20-11-26(3)12-25-20)10-14-4-6-18(23)16(8-14)15-5-7-19(24)17(22)9-15/h4-9,11-13H,10H2,1-3H3. The molecule has 0 aliphatic carbocycles. The summed E-state index contributed by atoms with van der Waals surface area (Å²) >= 11 is 5.83. The van der Waals surface area contributed by atoms with Gasteiger partial charge >= 0.3 is 0 Å². The van der Waals surface area contributed by atoms with E-state index < -0.39 is 11.6 Å². The number of hydrogen-bond donors (Lipinski definition) is 0. The molecule has 0 aliphatic rings. The lowest BCUT2D eigenvalue weighted by Gasteiger charge is -2.26. The summed E-state index contributed by atoms with van der Waals surface area (Å²) in [6, 6.07) is 8.61.